The van der Waals surface area contributed by atoms with E-state index in [0.717, 1.165) is 31.2 Å². The first-order valence-corrected chi connectivity index (χ1v) is 5.51. The van der Waals surface area contributed by atoms with Crippen LogP contribution in [0.4, 0.5) is 0 Å². The summed E-state index contributed by atoms with van der Waals surface area (Å²) in [5.74, 6) is -1.00. The van der Waals surface area contributed by atoms with Gasteiger partial charge in [-0.25, -0.2) is 4.98 Å². The smallest absolute Gasteiger partial charge is 0.320 e. The van der Waals surface area contributed by atoms with Crippen LogP contribution in [0.3, 0.4) is 0 Å². The van der Waals surface area contributed by atoms with Gasteiger partial charge in [-0.1, -0.05) is 13.3 Å². The molecule has 6 heteroatoms. The summed E-state index contributed by atoms with van der Waals surface area (Å²) in [7, 11) is 0. The topological polar surface area (TPSA) is 109 Å². The molecule has 0 saturated carbocycles. The molecule has 1 atom stereocenters. The lowest BCUT2D eigenvalue weighted by Crippen LogP contribution is -2.32. The number of imidazole rings is 1. The molecule has 0 aliphatic heterocycles. The second-order valence-electron chi connectivity index (χ2n) is 3.53. The molecule has 1 aromatic rings. The first-order chi connectivity index (χ1) is 8.11. The minimum atomic E-state index is -1.00. The van der Waals surface area contributed by atoms with Crippen molar-refractivity contribution in [3.63, 3.8) is 0 Å². The van der Waals surface area contributed by atoms with Gasteiger partial charge in [-0.15, -0.1) is 0 Å². The maximum atomic E-state index is 10.3. The number of aromatic amines is 1. The van der Waals surface area contributed by atoms with Crippen LogP contribution in [0.5, 0.6) is 0 Å². The lowest BCUT2D eigenvalue weighted by molar-refractivity contribution is -0.138. The highest BCUT2D eigenvalue weighted by Gasteiger charge is 2.11. The number of nitrogens with zero attached hydrogens (tertiary/aromatic N) is 1. The van der Waals surface area contributed by atoms with Gasteiger partial charge < -0.3 is 20.6 Å². The van der Waals surface area contributed by atoms with E-state index >= 15 is 0 Å². The molecule has 0 aromatic carbocycles. The third-order valence-electron chi connectivity index (χ3n) is 1.99. The van der Waals surface area contributed by atoms with Crippen molar-refractivity contribution in [3.05, 3.63) is 18.2 Å². The zero-order valence-corrected chi connectivity index (χ0v) is 9.93. The number of carboxylic acids is 1. The number of H-pyrrole nitrogens is 1. The summed E-state index contributed by atoms with van der Waals surface area (Å²) in [4.78, 5) is 26.3. The number of carbonyl (C=O) groups excluding carboxylic acids is 1. The van der Waals surface area contributed by atoms with E-state index in [1.54, 1.807) is 6.20 Å². The zero-order chi connectivity index (χ0) is 13.1. The van der Waals surface area contributed by atoms with Crippen molar-refractivity contribution in [1.82, 2.24) is 9.97 Å². The molecule has 0 spiro atoms. The van der Waals surface area contributed by atoms with Crippen molar-refractivity contribution in [2.75, 3.05) is 0 Å². The molecule has 1 heterocycles. The first kappa shape index (κ1) is 15.3. The SMILES string of the molecule is CCCCC=O.NC(Cc1cnc[nH]1)C(=O)O. The van der Waals surface area contributed by atoms with Crippen LogP contribution in [0.15, 0.2) is 12.5 Å². The van der Waals surface area contributed by atoms with Crippen molar-refractivity contribution in [1.29, 1.82) is 0 Å². The summed E-state index contributed by atoms with van der Waals surface area (Å²) in [5, 5.41) is 8.42. The molecule has 6 nitrogen and oxygen atoms in total. The Kier molecular flexibility index (Phi) is 8.58. The van der Waals surface area contributed by atoms with Crippen molar-refractivity contribution in [2.45, 2.75) is 38.6 Å². The summed E-state index contributed by atoms with van der Waals surface area (Å²) < 4.78 is 0. The molecule has 1 rings (SSSR count). The van der Waals surface area contributed by atoms with Gasteiger partial charge in [-0.3, -0.25) is 4.79 Å². The summed E-state index contributed by atoms with van der Waals surface area (Å²) in [5.41, 5.74) is 6.00. The highest BCUT2D eigenvalue weighted by Crippen LogP contribution is 1.95. The predicted molar refractivity (Wildman–Crippen MR) is 63.5 cm³/mol. The molecule has 0 radical (unpaired) electrons. The van der Waals surface area contributed by atoms with Crippen molar-refractivity contribution in [2.24, 2.45) is 5.73 Å². The number of carboxylic acid groups (broad SMARTS) is 1. The molecule has 96 valence electrons. The second kappa shape index (κ2) is 9.53. The Hall–Kier alpha value is -1.69. The third kappa shape index (κ3) is 8.15. The lowest BCUT2D eigenvalue weighted by atomic mass is 10.2. The molecule has 4 N–H and O–H groups in total. The summed E-state index contributed by atoms with van der Waals surface area (Å²) in [6.07, 6.45) is 7.20. The fourth-order valence-electron chi connectivity index (χ4n) is 1.01. The Morgan fingerprint density at radius 2 is 2.41 bits per heavy atom. The summed E-state index contributed by atoms with van der Waals surface area (Å²) in [6, 6.07) is -0.851. The van der Waals surface area contributed by atoms with E-state index in [1.807, 2.05) is 0 Å². The number of rotatable bonds is 6. The van der Waals surface area contributed by atoms with Crippen LogP contribution < -0.4 is 5.73 Å². The van der Waals surface area contributed by atoms with Gasteiger partial charge in [-0.05, 0) is 6.42 Å². The fraction of sp³-hybridized carbons (Fsp3) is 0.545. The molecule has 0 fully saturated rings. The van der Waals surface area contributed by atoms with E-state index in [1.165, 1.54) is 6.33 Å². The molecular weight excluding hydrogens is 222 g/mol. The maximum Gasteiger partial charge on any atom is 0.320 e. The lowest BCUT2D eigenvalue weighted by Gasteiger charge is -2.02. The van der Waals surface area contributed by atoms with Gasteiger partial charge in [0.1, 0.15) is 12.3 Å². The Labute approximate surface area is 100 Å². The van der Waals surface area contributed by atoms with E-state index in [4.69, 9.17) is 10.8 Å². The van der Waals surface area contributed by atoms with E-state index in [0.29, 0.717) is 0 Å². The highest BCUT2D eigenvalue weighted by atomic mass is 16.4. The minimum Gasteiger partial charge on any atom is -0.480 e. The number of aldehydes is 1. The van der Waals surface area contributed by atoms with Gasteiger partial charge >= 0.3 is 5.97 Å². The number of nitrogens with two attached hydrogens (primary N) is 1. The summed E-state index contributed by atoms with van der Waals surface area (Å²) >= 11 is 0. The molecule has 0 aliphatic rings. The molecule has 0 aliphatic carbocycles. The first-order valence-electron chi connectivity index (χ1n) is 5.51. The van der Waals surface area contributed by atoms with Gasteiger partial charge in [0.05, 0.1) is 6.33 Å². The quantitative estimate of drug-likeness (QED) is 0.502. The number of nitrogens with one attached hydrogen (secondary N) is 1. The second-order valence-corrected chi connectivity index (χ2v) is 3.53. The number of hydrogen-bond acceptors (Lipinski definition) is 4. The van der Waals surface area contributed by atoms with Crippen LogP contribution in [0.1, 0.15) is 31.9 Å². The van der Waals surface area contributed by atoms with Gasteiger partial charge in [-0.2, -0.15) is 0 Å². The standard InChI is InChI=1S/C6H9N3O2.C5H10O/c7-5(6(10)11)1-4-2-8-3-9-4;1-2-3-4-5-6/h2-3,5H,1,7H2,(H,8,9)(H,10,11);5H,2-4H2,1H3. The maximum absolute atomic E-state index is 10.3. The van der Waals surface area contributed by atoms with Crippen LogP contribution >= 0.6 is 0 Å². The Morgan fingerprint density at radius 1 is 1.71 bits per heavy atom. The van der Waals surface area contributed by atoms with Gasteiger partial charge in [0.15, 0.2) is 0 Å². The molecule has 17 heavy (non-hydrogen) atoms. The molecule has 0 amide bonds. The van der Waals surface area contributed by atoms with E-state index < -0.39 is 12.0 Å². The monoisotopic (exact) mass is 241 g/mol. The fourth-order valence-corrected chi connectivity index (χ4v) is 1.01. The average molecular weight is 241 g/mol. The minimum absolute atomic E-state index is 0.287. The number of aliphatic carboxylic acids is 1. The Balaban J connectivity index is 0.000000366. The Morgan fingerprint density at radius 3 is 2.76 bits per heavy atom. The van der Waals surface area contributed by atoms with Crippen LogP contribution in [0, 0.1) is 0 Å². The molecule has 1 aromatic heterocycles. The predicted octanol–water partition coefficient (Wildman–Crippen LogP) is 0.740. The van der Waals surface area contributed by atoms with Crippen LogP contribution in [0.2, 0.25) is 0 Å². The molecule has 1 unspecified atom stereocenters. The largest absolute Gasteiger partial charge is 0.480 e. The van der Waals surface area contributed by atoms with Gasteiger partial charge in [0.2, 0.25) is 0 Å². The zero-order valence-electron chi connectivity index (χ0n) is 9.93. The molecular formula is C11H19N3O3. The van der Waals surface area contributed by atoms with Crippen LogP contribution in [-0.2, 0) is 16.0 Å². The van der Waals surface area contributed by atoms with Gasteiger partial charge in [0.25, 0.3) is 0 Å². The highest BCUT2D eigenvalue weighted by molar-refractivity contribution is 5.73. The van der Waals surface area contributed by atoms with Crippen molar-refractivity contribution < 1.29 is 14.7 Å². The molecule has 0 saturated heterocycles. The van der Waals surface area contributed by atoms with Crippen LogP contribution in [0.25, 0.3) is 0 Å². The van der Waals surface area contributed by atoms with Crippen molar-refractivity contribution in [3.8, 4) is 0 Å². The number of aromatic nitrogens is 2. The third-order valence-corrected chi connectivity index (χ3v) is 1.99. The Bertz CT molecular complexity index is 312. The number of hydrogen-bond donors (Lipinski definition) is 3. The average Bonchev–Trinajstić information content (AvgIpc) is 2.79. The van der Waals surface area contributed by atoms with Crippen molar-refractivity contribution >= 4 is 12.3 Å². The van der Waals surface area contributed by atoms with E-state index in [-0.39, 0.29) is 6.42 Å². The van der Waals surface area contributed by atoms with Gasteiger partial charge in [0, 0.05) is 24.7 Å². The normalized spacial score (nSPS) is 11.2. The summed E-state index contributed by atoms with van der Waals surface area (Å²) in [6.45, 7) is 2.07. The number of carbonyl (C=O) groups is 2. The molecule has 0 bridgehead atoms. The number of unbranched alkanes of at least 4 members (excludes halogenated alkanes) is 2. The van der Waals surface area contributed by atoms with E-state index in [9.17, 15) is 9.59 Å². The van der Waals surface area contributed by atoms with Crippen LogP contribution in [-0.4, -0.2) is 33.4 Å². The van der Waals surface area contributed by atoms with E-state index in [2.05, 4.69) is 16.9 Å².